The zero-order valence-corrected chi connectivity index (χ0v) is 16.4. The van der Waals surface area contributed by atoms with E-state index in [9.17, 15) is 9.90 Å². The zero-order valence-electron chi connectivity index (χ0n) is 16.4. The molecule has 29 heavy (non-hydrogen) atoms. The van der Waals surface area contributed by atoms with Gasteiger partial charge in [0.05, 0.1) is 26.3 Å². The molecule has 1 aliphatic heterocycles. The van der Waals surface area contributed by atoms with Crippen molar-refractivity contribution in [2.45, 2.75) is 19.1 Å². The number of β-amino-alcohol motifs (C(OH)–C–C–N with tert-alkyl or cyclic N) is 1. The number of nitrogens with zero attached hydrogens (tertiary/aromatic N) is 3. The van der Waals surface area contributed by atoms with Crippen molar-refractivity contribution in [2.24, 2.45) is 0 Å². The summed E-state index contributed by atoms with van der Waals surface area (Å²) in [6.07, 6.45) is 0. The number of benzene rings is 2. The maximum absolute atomic E-state index is 12.6. The molecule has 1 atom stereocenters. The molecule has 0 radical (unpaired) electrons. The van der Waals surface area contributed by atoms with Crippen molar-refractivity contribution in [1.29, 1.82) is 0 Å². The highest BCUT2D eigenvalue weighted by Gasteiger charge is 2.37. The second kappa shape index (κ2) is 7.21. The summed E-state index contributed by atoms with van der Waals surface area (Å²) in [6.45, 7) is 2.01. The van der Waals surface area contributed by atoms with Crippen molar-refractivity contribution in [3.8, 4) is 22.9 Å². The molecule has 0 bridgehead atoms. The fraction of sp³-hybridized carbons (Fsp3) is 0.286. The molecule has 8 heteroatoms. The Kier molecular flexibility index (Phi) is 4.71. The number of carbonyl (C=O) groups excluding carboxylic acids is 1. The van der Waals surface area contributed by atoms with Crippen LogP contribution in [0.15, 0.2) is 47.0 Å². The number of rotatable bonds is 6. The first-order chi connectivity index (χ1) is 13.9. The van der Waals surface area contributed by atoms with E-state index in [1.54, 1.807) is 43.2 Å². The fourth-order valence-corrected chi connectivity index (χ4v) is 3.42. The van der Waals surface area contributed by atoms with E-state index in [0.717, 1.165) is 5.56 Å². The number of aliphatic hydroxyl groups is 1. The summed E-state index contributed by atoms with van der Waals surface area (Å²) in [5.41, 5.74) is 0.673. The third-order valence-corrected chi connectivity index (χ3v) is 4.93. The van der Waals surface area contributed by atoms with Gasteiger partial charge in [-0.2, -0.15) is 4.98 Å². The highest BCUT2D eigenvalue weighted by Crippen LogP contribution is 2.33. The summed E-state index contributed by atoms with van der Waals surface area (Å²) in [5, 5.41) is 15.0. The van der Waals surface area contributed by atoms with Crippen molar-refractivity contribution in [3.63, 3.8) is 0 Å². The SMILES string of the molecule is COc1ccc(-c2noc([C@@](C)(O)CN3Cc4ccccc4C3=O)n2)c(OC)c1. The summed E-state index contributed by atoms with van der Waals surface area (Å²) in [4.78, 5) is 18.5. The maximum atomic E-state index is 12.6. The number of hydrogen-bond acceptors (Lipinski definition) is 7. The van der Waals surface area contributed by atoms with Crippen molar-refractivity contribution >= 4 is 5.91 Å². The van der Waals surface area contributed by atoms with Gasteiger partial charge < -0.3 is 24.0 Å². The topological polar surface area (TPSA) is 97.9 Å². The van der Waals surface area contributed by atoms with Gasteiger partial charge in [0.2, 0.25) is 5.82 Å². The molecule has 3 aromatic rings. The summed E-state index contributed by atoms with van der Waals surface area (Å²) >= 11 is 0. The second-order valence-electron chi connectivity index (χ2n) is 7.08. The molecule has 0 saturated heterocycles. The van der Waals surface area contributed by atoms with Crippen LogP contribution in [0.2, 0.25) is 0 Å². The first-order valence-electron chi connectivity index (χ1n) is 9.09. The second-order valence-corrected chi connectivity index (χ2v) is 7.08. The lowest BCUT2D eigenvalue weighted by atomic mass is 10.1. The summed E-state index contributed by atoms with van der Waals surface area (Å²) in [6, 6.07) is 12.6. The lowest BCUT2D eigenvalue weighted by Gasteiger charge is -2.25. The Labute approximate surface area is 167 Å². The van der Waals surface area contributed by atoms with Gasteiger partial charge in [0.1, 0.15) is 11.5 Å². The molecule has 150 valence electrons. The Bertz CT molecular complexity index is 1060. The van der Waals surface area contributed by atoms with Crippen molar-refractivity contribution in [2.75, 3.05) is 20.8 Å². The van der Waals surface area contributed by atoms with Gasteiger partial charge in [0, 0.05) is 18.2 Å². The predicted molar refractivity (Wildman–Crippen MR) is 104 cm³/mol. The number of ether oxygens (including phenoxy) is 2. The van der Waals surface area contributed by atoms with Crippen LogP contribution in [0.1, 0.15) is 28.7 Å². The van der Waals surface area contributed by atoms with E-state index in [0.29, 0.717) is 29.2 Å². The van der Waals surface area contributed by atoms with E-state index in [1.807, 2.05) is 18.2 Å². The summed E-state index contributed by atoms with van der Waals surface area (Å²) in [7, 11) is 3.10. The molecule has 2 aromatic carbocycles. The molecule has 1 amide bonds. The van der Waals surface area contributed by atoms with Crippen molar-refractivity contribution in [1.82, 2.24) is 15.0 Å². The molecule has 8 nitrogen and oxygen atoms in total. The fourth-order valence-electron chi connectivity index (χ4n) is 3.42. The van der Waals surface area contributed by atoms with E-state index < -0.39 is 5.60 Å². The Morgan fingerprint density at radius 3 is 2.69 bits per heavy atom. The average Bonchev–Trinajstić information content (AvgIpc) is 3.34. The first-order valence-corrected chi connectivity index (χ1v) is 9.09. The Morgan fingerprint density at radius 2 is 1.97 bits per heavy atom. The van der Waals surface area contributed by atoms with Crippen LogP contribution in [-0.2, 0) is 12.1 Å². The standard InChI is InChI=1S/C21H21N3O5/c1-21(26,12-24-11-13-6-4-5-7-15(13)19(24)25)20-22-18(23-29-20)16-9-8-14(27-2)10-17(16)28-3/h4-10,26H,11-12H2,1-3H3/t21-/m0/s1. The van der Waals surface area contributed by atoms with Crippen molar-refractivity contribution in [3.05, 3.63) is 59.5 Å². The molecule has 1 aliphatic rings. The van der Waals surface area contributed by atoms with Gasteiger partial charge in [0.25, 0.3) is 11.8 Å². The molecule has 0 spiro atoms. The monoisotopic (exact) mass is 395 g/mol. The van der Waals surface area contributed by atoms with Gasteiger partial charge in [-0.25, -0.2) is 0 Å². The minimum atomic E-state index is -1.51. The summed E-state index contributed by atoms with van der Waals surface area (Å²) < 4.78 is 15.9. The third kappa shape index (κ3) is 3.42. The molecule has 0 unspecified atom stereocenters. The van der Waals surface area contributed by atoms with Crippen LogP contribution in [0.4, 0.5) is 0 Å². The molecule has 0 fully saturated rings. The summed E-state index contributed by atoms with van der Waals surface area (Å²) in [5.74, 6) is 1.32. The molecule has 0 aliphatic carbocycles. The van der Waals surface area contributed by atoms with E-state index >= 15 is 0 Å². The van der Waals surface area contributed by atoms with Gasteiger partial charge in [-0.15, -0.1) is 0 Å². The molecule has 1 aromatic heterocycles. The van der Waals surface area contributed by atoms with Crippen LogP contribution in [0.5, 0.6) is 11.5 Å². The minimum Gasteiger partial charge on any atom is -0.497 e. The Hall–Kier alpha value is -3.39. The van der Waals surface area contributed by atoms with E-state index in [-0.39, 0.29) is 24.2 Å². The van der Waals surface area contributed by atoms with Crippen LogP contribution >= 0.6 is 0 Å². The minimum absolute atomic E-state index is 0.0223. The quantitative estimate of drug-likeness (QED) is 0.685. The number of amides is 1. The highest BCUT2D eigenvalue weighted by molar-refractivity contribution is 5.98. The maximum Gasteiger partial charge on any atom is 0.260 e. The van der Waals surface area contributed by atoms with Gasteiger partial charge in [-0.1, -0.05) is 23.4 Å². The zero-order chi connectivity index (χ0) is 20.6. The van der Waals surface area contributed by atoms with Gasteiger partial charge in [-0.05, 0) is 30.7 Å². The van der Waals surface area contributed by atoms with E-state index in [2.05, 4.69) is 10.1 Å². The van der Waals surface area contributed by atoms with E-state index in [4.69, 9.17) is 14.0 Å². The van der Waals surface area contributed by atoms with Crippen molar-refractivity contribution < 1.29 is 23.9 Å². The van der Waals surface area contributed by atoms with Gasteiger partial charge in [-0.3, -0.25) is 4.79 Å². The average molecular weight is 395 g/mol. The first kappa shape index (κ1) is 18.9. The molecular weight excluding hydrogens is 374 g/mol. The molecule has 1 N–H and O–H groups in total. The normalized spacial score (nSPS) is 15.2. The van der Waals surface area contributed by atoms with Gasteiger partial charge in [0.15, 0.2) is 5.60 Å². The molecular formula is C21H21N3O5. The largest absolute Gasteiger partial charge is 0.497 e. The number of hydrogen-bond donors (Lipinski definition) is 1. The number of aromatic nitrogens is 2. The Balaban J connectivity index is 1.57. The number of carbonyl (C=O) groups is 1. The third-order valence-electron chi connectivity index (χ3n) is 4.93. The predicted octanol–water partition coefficient (Wildman–Crippen LogP) is 2.62. The Morgan fingerprint density at radius 1 is 1.17 bits per heavy atom. The lowest BCUT2D eigenvalue weighted by Crippen LogP contribution is -2.39. The van der Waals surface area contributed by atoms with Crippen LogP contribution in [0, 0.1) is 0 Å². The molecule has 2 heterocycles. The smallest absolute Gasteiger partial charge is 0.260 e. The molecule has 4 rings (SSSR count). The number of fused-ring (bicyclic) bond motifs is 1. The molecule has 0 saturated carbocycles. The highest BCUT2D eigenvalue weighted by atomic mass is 16.5. The van der Waals surface area contributed by atoms with E-state index in [1.165, 1.54) is 7.11 Å². The van der Waals surface area contributed by atoms with Crippen LogP contribution < -0.4 is 9.47 Å². The van der Waals surface area contributed by atoms with Crippen LogP contribution in [-0.4, -0.2) is 46.8 Å². The van der Waals surface area contributed by atoms with Crippen LogP contribution in [0.25, 0.3) is 11.4 Å². The number of methoxy groups -OCH3 is 2. The lowest BCUT2D eigenvalue weighted by molar-refractivity contribution is -0.00754. The van der Waals surface area contributed by atoms with Gasteiger partial charge >= 0.3 is 0 Å². The van der Waals surface area contributed by atoms with Crippen LogP contribution in [0.3, 0.4) is 0 Å².